The Labute approximate surface area is 125 Å². The number of pyridine rings is 1. The molecule has 0 N–H and O–H groups in total. The lowest BCUT2D eigenvalue weighted by Crippen LogP contribution is -2.22. The maximum Gasteiger partial charge on any atom is 0.150 e. The Kier molecular flexibility index (Phi) is 4.30. The summed E-state index contributed by atoms with van der Waals surface area (Å²) in [5, 5.41) is 1.03. The van der Waals surface area contributed by atoms with E-state index in [9.17, 15) is 4.79 Å². The van der Waals surface area contributed by atoms with Gasteiger partial charge in [0.2, 0.25) is 0 Å². The van der Waals surface area contributed by atoms with Crippen LogP contribution in [0.2, 0.25) is 0 Å². The highest BCUT2D eigenvalue weighted by molar-refractivity contribution is 5.86. The number of carbonyl (C=O) groups is 1. The van der Waals surface area contributed by atoms with Gasteiger partial charge in [-0.2, -0.15) is 0 Å². The Hall–Kier alpha value is -1.74. The van der Waals surface area contributed by atoms with Crippen molar-refractivity contribution < 1.29 is 9.53 Å². The number of methoxy groups -OCH3 is 1. The molecule has 0 bridgehead atoms. The summed E-state index contributed by atoms with van der Waals surface area (Å²) in [5.74, 6) is 1.07. The van der Waals surface area contributed by atoms with Crippen LogP contribution in [0.3, 0.4) is 0 Å². The van der Waals surface area contributed by atoms with Gasteiger partial charge in [0.1, 0.15) is 6.29 Å². The van der Waals surface area contributed by atoms with Gasteiger partial charge in [-0.3, -0.25) is 9.78 Å². The molecule has 3 rings (SSSR count). The SMILES string of the molecule is COC[C@@H]1CCCC[C@H]1c1ccc2cc(C=O)ccc2n1. The van der Waals surface area contributed by atoms with Gasteiger partial charge in [-0.25, -0.2) is 0 Å². The summed E-state index contributed by atoms with van der Waals surface area (Å²) < 4.78 is 5.38. The molecule has 21 heavy (non-hydrogen) atoms. The van der Waals surface area contributed by atoms with Crippen LogP contribution in [0.25, 0.3) is 10.9 Å². The molecular weight excluding hydrogens is 262 g/mol. The smallest absolute Gasteiger partial charge is 0.150 e. The lowest BCUT2D eigenvalue weighted by atomic mass is 9.77. The van der Waals surface area contributed by atoms with E-state index in [2.05, 4.69) is 12.1 Å². The topological polar surface area (TPSA) is 39.2 Å². The fourth-order valence-electron chi connectivity index (χ4n) is 3.45. The number of hydrogen-bond acceptors (Lipinski definition) is 3. The Morgan fingerprint density at radius 2 is 2.10 bits per heavy atom. The van der Waals surface area contributed by atoms with Crippen molar-refractivity contribution in [2.24, 2.45) is 5.92 Å². The van der Waals surface area contributed by atoms with E-state index < -0.39 is 0 Å². The molecule has 1 saturated carbocycles. The average Bonchev–Trinajstić information content (AvgIpc) is 2.55. The third-order valence-electron chi connectivity index (χ3n) is 4.54. The highest BCUT2D eigenvalue weighted by Crippen LogP contribution is 2.37. The Morgan fingerprint density at radius 3 is 2.90 bits per heavy atom. The van der Waals surface area contributed by atoms with Crippen molar-refractivity contribution in [1.29, 1.82) is 0 Å². The maximum absolute atomic E-state index is 10.8. The van der Waals surface area contributed by atoms with Crippen LogP contribution in [-0.4, -0.2) is 25.0 Å². The van der Waals surface area contributed by atoms with Gasteiger partial charge in [0, 0.05) is 36.3 Å². The predicted molar refractivity (Wildman–Crippen MR) is 83.7 cm³/mol. The number of ether oxygens (including phenoxy) is 1. The van der Waals surface area contributed by atoms with E-state index in [4.69, 9.17) is 9.72 Å². The van der Waals surface area contributed by atoms with Gasteiger partial charge in [0.05, 0.1) is 5.52 Å². The molecule has 1 heterocycles. The lowest BCUT2D eigenvalue weighted by molar-refractivity contribution is 0.112. The number of nitrogens with zero attached hydrogens (tertiary/aromatic N) is 1. The van der Waals surface area contributed by atoms with Gasteiger partial charge in [0.15, 0.2) is 0 Å². The molecule has 0 amide bonds. The third kappa shape index (κ3) is 2.98. The van der Waals surface area contributed by atoms with E-state index in [1.807, 2.05) is 18.2 Å². The quantitative estimate of drug-likeness (QED) is 0.797. The Bertz CT molecular complexity index is 636. The van der Waals surface area contributed by atoms with Crippen molar-refractivity contribution in [2.45, 2.75) is 31.6 Å². The molecule has 0 unspecified atom stereocenters. The van der Waals surface area contributed by atoms with Crippen molar-refractivity contribution in [3.8, 4) is 0 Å². The fourth-order valence-corrected chi connectivity index (χ4v) is 3.45. The molecule has 2 aromatic rings. The molecule has 3 heteroatoms. The zero-order chi connectivity index (χ0) is 14.7. The first-order valence-corrected chi connectivity index (χ1v) is 7.66. The molecule has 3 nitrogen and oxygen atoms in total. The summed E-state index contributed by atoms with van der Waals surface area (Å²) in [6, 6.07) is 9.88. The number of benzene rings is 1. The molecule has 2 atom stereocenters. The van der Waals surface area contributed by atoms with Gasteiger partial charge in [0.25, 0.3) is 0 Å². The highest BCUT2D eigenvalue weighted by atomic mass is 16.5. The number of carbonyl (C=O) groups excluding carboxylic acids is 1. The van der Waals surface area contributed by atoms with E-state index >= 15 is 0 Å². The van der Waals surface area contributed by atoms with Crippen LogP contribution in [0, 0.1) is 5.92 Å². The van der Waals surface area contributed by atoms with Crippen LogP contribution in [0.5, 0.6) is 0 Å². The highest BCUT2D eigenvalue weighted by Gasteiger charge is 2.27. The van der Waals surface area contributed by atoms with Crippen LogP contribution in [0.4, 0.5) is 0 Å². The first-order valence-electron chi connectivity index (χ1n) is 7.66. The molecule has 1 aliphatic rings. The van der Waals surface area contributed by atoms with E-state index in [0.717, 1.165) is 23.8 Å². The van der Waals surface area contributed by atoms with Gasteiger partial charge < -0.3 is 4.74 Å². The van der Waals surface area contributed by atoms with Crippen LogP contribution >= 0.6 is 0 Å². The van der Waals surface area contributed by atoms with E-state index in [1.54, 1.807) is 7.11 Å². The zero-order valence-electron chi connectivity index (χ0n) is 12.4. The zero-order valence-corrected chi connectivity index (χ0v) is 12.4. The summed E-state index contributed by atoms with van der Waals surface area (Å²) in [4.78, 5) is 15.7. The normalized spacial score (nSPS) is 22.3. The molecule has 1 aromatic carbocycles. The third-order valence-corrected chi connectivity index (χ3v) is 4.54. The largest absolute Gasteiger partial charge is 0.384 e. The Balaban J connectivity index is 1.93. The number of rotatable bonds is 4. The van der Waals surface area contributed by atoms with Crippen LogP contribution in [-0.2, 0) is 4.74 Å². The minimum Gasteiger partial charge on any atom is -0.384 e. The van der Waals surface area contributed by atoms with Gasteiger partial charge in [-0.05, 0) is 43.0 Å². The van der Waals surface area contributed by atoms with Gasteiger partial charge in [-0.1, -0.05) is 18.9 Å². The lowest BCUT2D eigenvalue weighted by Gasteiger charge is -2.30. The average molecular weight is 283 g/mol. The standard InChI is InChI=1S/C18H21NO2/c1-21-12-15-4-2-3-5-16(15)18-9-7-14-10-13(11-20)6-8-17(14)19-18/h6-11,15-16H,2-5,12H2,1H3/t15-,16+/m0/s1. The maximum atomic E-state index is 10.8. The van der Waals surface area contributed by atoms with Crippen LogP contribution in [0.1, 0.15) is 47.7 Å². The summed E-state index contributed by atoms with van der Waals surface area (Å²) in [5.41, 5.74) is 2.84. The van der Waals surface area contributed by atoms with Crippen molar-refractivity contribution in [2.75, 3.05) is 13.7 Å². The van der Waals surface area contributed by atoms with E-state index in [1.165, 1.54) is 31.4 Å². The summed E-state index contributed by atoms with van der Waals surface area (Å²) in [7, 11) is 1.78. The molecule has 110 valence electrons. The monoisotopic (exact) mass is 283 g/mol. The van der Waals surface area contributed by atoms with Crippen molar-refractivity contribution >= 4 is 17.2 Å². The second-order valence-corrected chi connectivity index (χ2v) is 5.91. The van der Waals surface area contributed by atoms with E-state index in [0.29, 0.717) is 17.4 Å². The number of fused-ring (bicyclic) bond motifs is 1. The fraction of sp³-hybridized carbons (Fsp3) is 0.444. The van der Waals surface area contributed by atoms with Crippen molar-refractivity contribution in [3.05, 3.63) is 41.6 Å². The molecule has 1 aromatic heterocycles. The first kappa shape index (κ1) is 14.2. The van der Waals surface area contributed by atoms with Crippen molar-refractivity contribution in [1.82, 2.24) is 4.98 Å². The molecule has 1 aliphatic carbocycles. The van der Waals surface area contributed by atoms with Crippen molar-refractivity contribution in [3.63, 3.8) is 0 Å². The molecule has 0 saturated heterocycles. The van der Waals surface area contributed by atoms with Gasteiger partial charge in [-0.15, -0.1) is 0 Å². The van der Waals surface area contributed by atoms with Crippen LogP contribution in [0.15, 0.2) is 30.3 Å². The second-order valence-electron chi connectivity index (χ2n) is 5.91. The molecular formula is C18H21NO2. The first-order chi connectivity index (χ1) is 10.3. The van der Waals surface area contributed by atoms with Gasteiger partial charge >= 0.3 is 0 Å². The minimum absolute atomic E-state index is 0.494. The molecule has 0 spiro atoms. The number of aromatic nitrogens is 1. The molecule has 0 radical (unpaired) electrons. The van der Waals surface area contributed by atoms with Crippen LogP contribution < -0.4 is 0 Å². The summed E-state index contributed by atoms with van der Waals surface area (Å²) >= 11 is 0. The summed E-state index contributed by atoms with van der Waals surface area (Å²) in [6.45, 7) is 0.814. The Morgan fingerprint density at radius 1 is 1.24 bits per heavy atom. The second kappa shape index (κ2) is 6.35. The molecule has 0 aliphatic heterocycles. The number of aldehydes is 1. The van der Waals surface area contributed by atoms with E-state index in [-0.39, 0.29) is 0 Å². The number of hydrogen-bond donors (Lipinski definition) is 0. The molecule has 1 fully saturated rings. The summed E-state index contributed by atoms with van der Waals surface area (Å²) in [6.07, 6.45) is 5.86. The predicted octanol–water partition coefficient (Wildman–Crippen LogP) is 3.97. The minimum atomic E-state index is 0.494.